The van der Waals surface area contributed by atoms with E-state index in [1.54, 1.807) is 12.4 Å². The molecule has 14 heavy (non-hydrogen) atoms. The third kappa shape index (κ3) is 2.27. The summed E-state index contributed by atoms with van der Waals surface area (Å²) in [6.45, 7) is 1.79. The van der Waals surface area contributed by atoms with Crippen molar-refractivity contribution in [3.05, 3.63) is 24.3 Å². The van der Waals surface area contributed by atoms with E-state index in [1.165, 1.54) is 6.33 Å². The lowest BCUT2D eigenvalue weighted by atomic mass is 9.87. The van der Waals surface area contributed by atoms with Crippen LogP contribution in [-0.2, 0) is 6.42 Å². The Bertz CT molecular complexity index is 283. The van der Waals surface area contributed by atoms with E-state index in [0.717, 1.165) is 31.5 Å². The van der Waals surface area contributed by atoms with Gasteiger partial charge in [0, 0.05) is 18.8 Å². The highest BCUT2D eigenvalue weighted by Gasteiger charge is 2.29. The molecule has 1 saturated heterocycles. The van der Waals surface area contributed by atoms with Crippen molar-refractivity contribution in [2.24, 2.45) is 0 Å². The van der Waals surface area contributed by atoms with Gasteiger partial charge in [0.1, 0.15) is 6.33 Å². The number of aromatic nitrogens is 2. The van der Waals surface area contributed by atoms with Gasteiger partial charge in [-0.2, -0.15) is 0 Å². The third-order valence-corrected chi connectivity index (χ3v) is 2.68. The highest BCUT2D eigenvalue weighted by molar-refractivity contribution is 5.07. The van der Waals surface area contributed by atoms with E-state index in [0.29, 0.717) is 6.42 Å². The summed E-state index contributed by atoms with van der Waals surface area (Å²) >= 11 is 0. The van der Waals surface area contributed by atoms with Gasteiger partial charge in [-0.25, -0.2) is 9.97 Å². The fourth-order valence-corrected chi connectivity index (χ4v) is 1.87. The minimum absolute atomic E-state index is 0.560. The fraction of sp³-hybridized carbons (Fsp3) is 0.600. The summed E-state index contributed by atoms with van der Waals surface area (Å²) in [7, 11) is 0. The van der Waals surface area contributed by atoms with Gasteiger partial charge < -0.3 is 10.4 Å². The van der Waals surface area contributed by atoms with Crippen LogP contribution in [0.1, 0.15) is 18.4 Å². The number of piperidine rings is 1. The van der Waals surface area contributed by atoms with Crippen molar-refractivity contribution in [3.63, 3.8) is 0 Å². The molecule has 0 unspecified atom stereocenters. The van der Waals surface area contributed by atoms with Crippen molar-refractivity contribution in [3.8, 4) is 0 Å². The maximum absolute atomic E-state index is 10.2. The Morgan fingerprint density at radius 1 is 1.29 bits per heavy atom. The third-order valence-electron chi connectivity index (χ3n) is 2.68. The van der Waals surface area contributed by atoms with Crippen LogP contribution in [0.2, 0.25) is 0 Å². The zero-order valence-corrected chi connectivity index (χ0v) is 8.11. The number of aliphatic hydroxyl groups is 1. The van der Waals surface area contributed by atoms with Gasteiger partial charge in [0.05, 0.1) is 5.60 Å². The summed E-state index contributed by atoms with van der Waals surface area (Å²) in [4.78, 5) is 7.89. The normalized spacial score (nSPS) is 20.6. The van der Waals surface area contributed by atoms with E-state index in [4.69, 9.17) is 0 Å². The van der Waals surface area contributed by atoms with Crippen LogP contribution in [0.3, 0.4) is 0 Å². The Kier molecular flexibility index (Phi) is 2.74. The van der Waals surface area contributed by atoms with E-state index in [1.807, 2.05) is 0 Å². The smallest absolute Gasteiger partial charge is 0.115 e. The van der Waals surface area contributed by atoms with Crippen LogP contribution in [0.5, 0.6) is 0 Å². The molecule has 2 N–H and O–H groups in total. The summed E-state index contributed by atoms with van der Waals surface area (Å²) < 4.78 is 0. The molecule has 0 saturated carbocycles. The molecule has 2 rings (SSSR count). The maximum Gasteiger partial charge on any atom is 0.115 e. The van der Waals surface area contributed by atoms with E-state index in [9.17, 15) is 5.11 Å². The second-order valence-electron chi connectivity index (χ2n) is 3.90. The van der Waals surface area contributed by atoms with Gasteiger partial charge in [0.2, 0.25) is 0 Å². The van der Waals surface area contributed by atoms with Crippen molar-refractivity contribution >= 4 is 0 Å². The average molecular weight is 193 g/mol. The van der Waals surface area contributed by atoms with Gasteiger partial charge >= 0.3 is 0 Å². The van der Waals surface area contributed by atoms with Crippen molar-refractivity contribution in [1.29, 1.82) is 0 Å². The number of nitrogens with one attached hydrogen (secondary N) is 1. The van der Waals surface area contributed by atoms with Crippen LogP contribution in [-0.4, -0.2) is 33.8 Å². The van der Waals surface area contributed by atoms with Crippen LogP contribution >= 0.6 is 0 Å². The number of hydrogen-bond donors (Lipinski definition) is 2. The Hall–Kier alpha value is -1.00. The highest BCUT2D eigenvalue weighted by Crippen LogP contribution is 2.22. The molecule has 1 fully saturated rings. The molecule has 76 valence electrons. The van der Waals surface area contributed by atoms with Gasteiger partial charge in [-0.05, 0) is 31.5 Å². The van der Waals surface area contributed by atoms with Gasteiger partial charge in [0.25, 0.3) is 0 Å². The van der Waals surface area contributed by atoms with Crippen LogP contribution < -0.4 is 5.32 Å². The number of nitrogens with zero attached hydrogens (tertiary/aromatic N) is 2. The molecule has 2 heterocycles. The second-order valence-corrected chi connectivity index (χ2v) is 3.90. The van der Waals surface area contributed by atoms with Gasteiger partial charge in [-0.1, -0.05) is 0 Å². The molecule has 0 bridgehead atoms. The van der Waals surface area contributed by atoms with Crippen LogP contribution in [0.4, 0.5) is 0 Å². The number of hydrogen-bond acceptors (Lipinski definition) is 4. The summed E-state index contributed by atoms with van der Waals surface area (Å²) in [5.74, 6) is 0. The van der Waals surface area contributed by atoms with Gasteiger partial charge in [-0.3, -0.25) is 0 Å². The van der Waals surface area contributed by atoms with Crippen molar-refractivity contribution in [2.75, 3.05) is 13.1 Å². The van der Waals surface area contributed by atoms with Crippen LogP contribution in [0.25, 0.3) is 0 Å². The standard InChI is InChI=1S/C10H15N3O/c14-10(1-3-11-4-2-10)5-9-6-12-8-13-7-9/h6-8,11,14H,1-5H2. The Labute approximate surface area is 83.4 Å². The Morgan fingerprint density at radius 3 is 2.57 bits per heavy atom. The first-order chi connectivity index (χ1) is 6.79. The first kappa shape index (κ1) is 9.55. The molecule has 1 aliphatic heterocycles. The molecule has 1 aliphatic rings. The lowest BCUT2D eigenvalue weighted by Crippen LogP contribution is -2.43. The minimum atomic E-state index is -0.560. The quantitative estimate of drug-likeness (QED) is 0.701. The van der Waals surface area contributed by atoms with E-state index in [-0.39, 0.29) is 0 Å². The molecule has 0 amide bonds. The van der Waals surface area contributed by atoms with E-state index >= 15 is 0 Å². The zero-order chi connectivity index (χ0) is 9.86. The summed E-state index contributed by atoms with van der Waals surface area (Å²) in [5, 5.41) is 13.5. The number of rotatable bonds is 2. The second kappa shape index (κ2) is 4.02. The first-order valence-electron chi connectivity index (χ1n) is 4.96. The zero-order valence-electron chi connectivity index (χ0n) is 8.11. The maximum atomic E-state index is 10.2. The van der Waals surface area contributed by atoms with E-state index in [2.05, 4.69) is 15.3 Å². The van der Waals surface area contributed by atoms with Gasteiger partial charge in [-0.15, -0.1) is 0 Å². The molecule has 0 aromatic carbocycles. The molecule has 1 aromatic rings. The molecule has 0 spiro atoms. The molecule has 4 heteroatoms. The average Bonchev–Trinajstić information content (AvgIpc) is 2.19. The Morgan fingerprint density at radius 2 is 1.93 bits per heavy atom. The molecule has 0 atom stereocenters. The molecule has 1 aromatic heterocycles. The van der Waals surface area contributed by atoms with Crippen LogP contribution in [0, 0.1) is 0 Å². The first-order valence-corrected chi connectivity index (χ1v) is 4.96. The SMILES string of the molecule is OC1(Cc2cncnc2)CCNCC1. The summed E-state index contributed by atoms with van der Waals surface area (Å²) in [6.07, 6.45) is 7.33. The molecule has 0 aliphatic carbocycles. The van der Waals surface area contributed by atoms with E-state index < -0.39 is 5.60 Å². The van der Waals surface area contributed by atoms with Crippen molar-refractivity contribution in [1.82, 2.24) is 15.3 Å². The molecular weight excluding hydrogens is 178 g/mol. The Balaban J connectivity index is 2.02. The molecule has 4 nitrogen and oxygen atoms in total. The summed E-state index contributed by atoms with van der Waals surface area (Å²) in [6, 6.07) is 0. The predicted molar refractivity (Wildman–Crippen MR) is 52.8 cm³/mol. The minimum Gasteiger partial charge on any atom is -0.389 e. The predicted octanol–water partition coefficient (Wildman–Crippen LogP) is 0.134. The highest BCUT2D eigenvalue weighted by atomic mass is 16.3. The monoisotopic (exact) mass is 193 g/mol. The molecule has 0 radical (unpaired) electrons. The lowest BCUT2D eigenvalue weighted by Gasteiger charge is -2.32. The largest absolute Gasteiger partial charge is 0.389 e. The van der Waals surface area contributed by atoms with Crippen molar-refractivity contribution < 1.29 is 5.11 Å². The van der Waals surface area contributed by atoms with Crippen molar-refractivity contribution in [2.45, 2.75) is 24.9 Å². The topological polar surface area (TPSA) is 58.0 Å². The summed E-state index contributed by atoms with van der Waals surface area (Å²) in [5.41, 5.74) is 0.451. The lowest BCUT2D eigenvalue weighted by molar-refractivity contribution is 0.0107. The van der Waals surface area contributed by atoms with Crippen LogP contribution in [0.15, 0.2) is 18.7 Å². The van der Waals surface area contributed by atoms with Gasteiger partial charge in [0.15, 0.2) is 0 Å². The molecular formula is C10H15N3O. The fourth-order valence-electron chi connectivity index (χ4n) is 1.87.